The first-order valence-corrected chi connectivity index (χ1v) is 14.4. The number of rotatable bonds is 9. The van der Waals surface area contributed by atoms with Gasteiger partial charge in [0.05, 0.1) is 31.1 Å². The molecule has 230 valence electrons. The van der Waals surface area contributed by atoms with E-state index in [9.17, 15) is 14.0 Å². The molecule has 7 rings (SSSR count). The van der Waals surface area contributed by atoms with Crippen LogP contribution in [0.25, 0.3) is 11.5 Å². The van der Waals surface area contributed by atoms with E-state index in [1.165, 1.54) is 65.4 Å². The van der Waals surface area contributed by atoms with Crippen LogP contribution in [0.3, 0.4) is 0 Å². The maximum atomic E-state index is 14.6. The van der Waals surface area contributed by atoms with Crippen molar-refractivity contribution in [3.05, 3.63) is 101 Å². The van der Waals surface area contributed by atoms with Gasteiger partial charge in [0, 0.05) is 42.7 Å². The molecule has 12 nitrogen and oxygen atoms in total. The summed E-state index contributed by atoms with van der Waals surface area (Å²) in [6, 6.07) is 13.8. The normalized spacial score (nSPS) is 20.0. The number of anilines is 3. The summed E-state index contributed by atoms with van der Waals surface area (Å²) in [6.45, 7) is -2.07. The lowest BCUT2D eigenvalue weighted by atomic mass is 9.77. The summed E-state index contributed by atoms with van der Waals surface area (Å²) in [5.74, 6) is -0.284. The molecule has 2 N–H and O–H groups in total. The van der Waals surface area contributed by atoms with E-state index in [2.05, 4.69) is 25.7 Å². The van der Waals surface area contributed by atoms with E-state index < -0.39 is 24.3 Å². The highest BCUT2D eigenvalue weighted by Gasteiger charge is 2.46. The number of amides is 1. The van der Waals surface area contributed by atoms with Crippen LogP contribution >= 0.6 is 0 Å². The predicted molar refractivity (Wildman–Crippen MR) is 165 cm³/mol. The molecule has 2 aliphatic rings. The lowest BCUT2D eigenvalue weighted by Gasteiger charge is -2.39. The molecule has 3 atom stereocenters. The Kier molecular flexibility index (Phi) is 6.49. The molecule has 2 fully saturated rings. The van der Waals surface area contributed by atoms with Crippen molar-refractivity contribution in [3.63, 3.8) is 0 Å². The number of imidazole rings is 1. The first kappa shape index (κ1) is 25.1. The van der Waals surface area contributed by atoms with Gasteiger partial charge in [-0.25, -0.2) is 18.9 Å². The molecule has 13 heteroatoms. The van der Waals surface area contributed by atoms with Crippen molar-refractivity contribution < 1.29 is 22.8 Å². The summed E-state index contributed by atoms with van der Waals surface area (Å²) in [7, 11) is 1.54. The third-order valence-corrected chi connectivity index (χ3v) is 8.18. The second kappa shape index (κ2) is 11.7. The van der Waals surface area contributed by atoms with Gasteiger partial charge in [0.15, 0.2) is 28.8 Å². The predicted octanol–water partition coefficient (Wildman–Crippen LogP) is 3.71. The topological polar surface area (TPSA) is 128 Å². The summed E-state index contributed by atoms with van der Waals surface area (Å²) in [5.41, 5.74) is 0.329. The smallest absolute Gasteiger partial charge is 0.280 e. The van der Waals surface area contributed by atoms with Crippen LogP contribution in [-0.2, 0) is 11.3 Å². The molecule has 1 saturated carbocycles. The third kappa shape index (κ3) is 5.35. The zero-order valence-electron chi connectivity index (χ0n) is 27.2. The molecule has 0 unspecified atom stereocenters. The first-order chi connectivity index (χ1) is 23.1. The third-order valence-electron chi connectivity index (χ3n) is 8.18. The Hall–Kier alpha value is -5.30. The number of nitrogens with zero attached hydrogens (tertiary/aromatic N) is 6. The van der Waals surface area contributed by atoms with Crippen LogP contribution in [0.15, 0.2) is 78.0 Å². The van der Waals surface area contributed by atoms with Crippen molar-refractivity contribution in [2.75, 3.05) is 30.9 Å². The molecular formula is C32H31FN8O4. The fourth-order valence-corrected chi connectivity index (χ4v) is 5.81. The number of fused-ring (bicyclic) bond motifs is 2. The average Bonchev–Trinajstić information content (AvgIpc) is 3.67. The Bertz CT molecular complexity index is 2050. The maximum absolute atomic E-state index is 14.6. The van der Waals surface area contributed by atoms with Crippen molar-refractivity contribution >= 4 is 28.7 Å². The number of carbonyl (C=O) groups excluding carboxylic acids is 1. The number of nitrogens with one attached hydrogen (secondary N) is 2. The Morgan fingerprint density at radius 1 is 1.22 bits per heavy atom. The number of hydrogen-bond acceptors (Lipinski definition) is 9. The fraction of sp³-hybridized carbons (Fsp3) is 0.281. The van der Waals surface area contributed by atoms with Crippen LogP contribution in [0.4, 0.5) is 21.6 Å². The minimum atomic E-state index is -2.66. The zero-order valence-corrected chi connectivity index (χ0v) is 24.2. The van der Waals surface area contributed by atoms with E-state index in [1.807, 2.05) is 0 Å². The molecule has 1 aromatic carbocycles. The number of halogens is 1. The van der Waals surface area contributed by atoms with Crippen molar-refractivity contribution in [1.29, 1.82) is 0 Å². The quantitative estimate of drug-likeness (QED) is 0.256. The number of aromatic nitrogens is 5. The number of hydrogen-bond donors (Lipinski definition) is 2. The molecule has 0 bridgehead atoms. The van der Waals surface area contributed by atoms with Gasteiger partial charge in [-0.3, -0.25) is 14.2 Å². The highest BCUT2D eigenvalue weighted by Crippen LogP contribution is 2.38. The lowest BCUT2D eigenvalue weighted by molar-refractivity contribution is -0.000686. The Balaban J connectivity index is 1.31. The molecule has 1 amide bonds. The second-order valence-corrected chi connectivity index (χ2v) is 11.0. The van der Waals surface area contributed by atoms with E-state index in [0.717, 1.165) is 17.4 Å². The fourth-order valence-electron chi connectivity index (χ4n) is 5.81. The van der Waals surface area contributed by atoms with E-state index in [0.29, 0.717) is 23.8 Å². The van der Waals surface area contributed by atoms with Crippen LogP contribution in [0, 0.1) is 11.7 Å². The van der Waals surface area contributed by atoms with Gasteiger partial charge in [-0.15, -0.1) is 5.10 Å². The minimum Gasteiger partial charge on any atom is -0.497 e. The number of benzene rings is 1. The minimum absolute atomic E-state index is 0.000880. The highest BCUT2D eigenvalue weighted by molar-refractivity contribution is 5.94. The number of pyridine rings is 2. The Morgan fingerprint density at radius 2 is 2.09 bits per heavy atom. The first-order valence-electron chi connectivity index (χ1n) is 15.9. The second-order valence-electron chi connectivity index (χ2n) is 11.0. The number of ether oxygens (including phenoxy) is 2. The summed E-state index contributed by atoms with van der Waals surface area (Å²) in [4.78, 5) is 36.7. The van der Waals surface area contributed by atoms with Gasteiger partial charge in [0.2, 0.25) is 0 Å². The van der Waals surface area contributed by atoms with Crippen LogP contribution in [0.2, 0.25) is 0 Å². The molecule has 5 aromatic rings. The van der Waals surface area contributed by atoms with E-state index in [4.69, 9.17) is 13.6 Å². The largest absolute Gasteiger partial charge is 0.497 e. The molecule has 0 radical (unpaired) electrons. The van der Waals surface area contributed by atoms with Gasteiger partial charge >= 0.3 is 0 Å². The van der Waals surface area contributed by atoms with Crippen LogP contribution in [-0.4, -0.2) is 62.9 Å². The Morgan fingerprint density at radius 3 is 2.87 bits per heavy atom. The van der Waals surface area contributed by atoms with Crippen molar-refractivity contribution in [2.45, 2.75) is 31.5 Å². The SMILES string of the molecule is [2H]C([2H])([2H])N(Cc1ccc(OC)cc1)c1cc(Nc2cccn(-c3ncccc3F)c2=O)nn2c(C(=O)N[C@@H]3C[C@H]4CCO[C@H]43)cnc12. The monoisotopic (exact) mass is 613 g/mol. The molecule has 1 aliphatic carbocycles. The standard InChI is InChI=1S/C32H31FN8O4/c1-39(18-19-7-9-21(44-2)10-8-19)25-16-27(36-23-6-4-13-40(32(23)43)29-22(33)5-3-12-34-29)38-41-26(17-35-30(25)41)31(42)37-24-15-20-11-14-45-28(20)24/h3-10,12-13,16-17,20,24,28H,11,14-15,18H2,1-2H3,(H,36,38)(H,37,42)/t20-,24-,28-/m1/s1/i1D3. The van der Waals surface area contributed by atoms with Crippen LogP contribution in [0.5, 0.6) is 5.75 Å². The average molecular weight is 614 g/mol. The lowest BCUT2D eigenvalue weighted by Crippen LogP contribution is -2.54. The van der Waals surface area contributed by atoms with Gasteiger partial charge in [0.25, 0.3) is 11.5 Å². The molecule has 0 spiro atoms. The molecule has 45 heavy (non-hydrogen) atoms. The van der Waals surface area contributed by atoms with Gasteiger partial charge < -0.3 is 25.0 Å². The molecular weight excluding hydrogens is 579 g/mol. The van der Waals surface area contributed by atoms with Crippen LogP contribution in [0.1, 0.15) is 33.0 Å². The molecule has 4 aromatic heterocycles. The van der Waals surface area contributed by atoms with Crippen molar-refractivity contribution in [2.24, 2.45) is 5.92 Å². The number of methoxy groups -OCH3 is 1. The van der Waals surface area contributed by atoms with E-state index in [-0.39, 0.29) is 53.0 Å². The summed E-state index contributed by atoms with van der Waals surface area (Å²) in [5, 5.41) is 10.5. The van der Waals surface area contributed by atoms with Crippen LogP contribution < -0.4 is 25.8 Å². The molecule has 5 heterocycles. The highest BCUT2D eigenvalue weighted by atomic mass is 19.1. The summed E-state index contributed by atoms with van der Waals surface area (Å²) < 4.78 is 53.2. The number of carbonyl (C=O) groups is 1. The molecule has 1 saturated heterocycles. The van der Waals surface area contributed by atoms with E-state index in [1.54, 1.807) is 24.3 Å². The van der Waals surface area contributed by atoms with Crippen molar-refractivity contribution in [3.8, 4) is 11.6 Å². The van der Waals surface area contributed by atoms with Gasteiger partial charge in [0.1, 0.15) is 11.4 Å². The summed E-state index contributed by atoms with van der Waals surface area (Å²) >= 11 is 0. The van der Waals surface area contributed by atoms with Gasteiger partial charge in [-0.1, -0.05) is 12.1 Å². The van der Waals surface area contributed by atoms with Crippen molar-refractivity contribution in [1.82, 2.24) is 29.5 Å². The van der Waals surface area contributed by atoms with E-state index >= 15 is 0 Å². The van der Waals surface area contributed by atoms with Gasteiger partial charge in [-0.05, 0) is 60.7 Å². The van der Waals surface area contributed by atoms with Gasteiger partial charge in [-0.2, -0.15) is 0 Å². The zero-order chi connectivity index (χ0) is 33.6. The summed E-state index contributed by atoms with van der Waals surface area (Å²) in [6.07, 6.45) is 5.79. The maximum Gasteiger partial charge on any atom is 0.280 e. The Labute approximate surface area is 261 Å². The molecule has 1 aliphatic heterocycles.